The lowest BCUT2D eigenvalue weighted by atomic mass is 10.0. The first-order valence-corrected chi connectivity index (χ1v) is 8.10. The first kappa shape index (κ1) is 20.8. The van der Waals surface area contributed by atoms with Crippen LogP contribution in [-0.2, 0) is 4.79 Å². The number of carbonyl (C=O) groups is 1. The summed E-state index contributed by atoms with van der Waals surface area (Å²) in [6.07, 6.45) is 0. The Bertz CT molecular complexity index is 584. The van der Waals surface area contributed by atoms with Crippen LogP contribution in [0.4, 0.5) is 8.78 Å². The molecule has 0 spiro atoms. The van der Waals surface area contributed by atoms with E-state index in [0.717, 1.165) is 0 Å². The molecule has 2 N–H and O–H groups in total. The van der Waals surface area contributed by atoms with Crippen LogP contribution < -0.4 is 10.6 Å². The van der Waals surface area contributed by atoms with E-state index in [4.69, 9.17) is 0 Å². The van der Waals surface area contributed by atoms with Crippen molar-refractivity contribution < 1.29 is 13.6 Å². The highest BCUT2D eigenvalue weighted by Gasteiger charge is 2.22. The maximum absolute atomic E-state index is 14.1. The van der Waals surface area contributed by atoms with Crippen molar-refractivity contribution >= 4 is 11.9 Å². The van der Waals surface area contributed by atoms with Crippen molar-refractivity contribution in [1.29, 1.82) is 0 Å². The molecule has 8 heteroatoms. The van der Waals surface area contributed by atoms with Crippen molar-refractivity contribution in [2.24, 2.45) is 4.99 Å². The Labute approximate surface area is 147 Å². The molecule has 0 saturated carbocycles. The molecule has 0 aliphatic heterocycles. The minimum Gasteiger partial charge on any atom is -0.357 e. The van der Waals surface area contributed by atoms with Crippen molar-refractivity contribution in [1.82, 2.24) is 20.4 Å². The molecule has 1 amide bonds. The molecule has 6 nitrogen and oxygen atoms in total. The van der Waals surface area contributed by atoms with Gasteiger partial charge in [-0.1, -0.05) is 6.07 Å². The van der Waals surface area contributed by atoms with Gasteiger partial charge in [-0.25, -0.2) is 13.8 Å². The van der Waals surface area contributed by atoms with Gasteiger partial charge in [-0.3, -0.25) is 4.79 Å². The SMILES string of the molecule is CCNC(=NCC(=O)N(C)C)NCC(c1c(F)cccc1F)N(C)C. The van der Waals surface area contributed by atoms with E-state index in [-0.39, 0.29) is 24.6 Å². The Morgan fingerprint density at radius 2 is 1.76 bits per heavy atom. The zero-order valence-electron chi connectivity index (χ0n) is 15.4. The van der Waals surface area contributed by atoms with E-state index in [1.54, 1.807) is 33.1 Å². The lowest BCUT2D eigenvalue weighted by Crippen LogP contribution is -2.42. The number of nitrogens with one attached hydrogen (secondary N) is 2. The van der Waals surface area contributed by atoms with E-state index >= 15 is 0 Å². The Balaban J connectivity index is 2.90. The summed E-state index contributed by atoms with van der Waals surface area (Å²) in [6, 6.07) is 3.29. The summed E-state index contributed by atoms with van der Waals surface area (Å²) in [4.78, 5) is 19.0. The maximum atomic E-state index is 14.1. The number of nitrogens with zero attached hydrogens (tertiary/aromatic N) is 3. The number of amides is 1. The fourth-order valence-corrected chi connectivity index (χ4v) is 2.20. The molecule has 140 valence electrons. The molecular weight excluding hydrogens is 328 g/mol. The zero-order chi connectivity index (χ0) is 19.0. The fourth-order valence-electron chi connectivity index (χ4n) is 2.20. The highest BCUT2D eigenvalue weighted by Crippen LogP contribution is 2.23. The van der Waals surface area contributed by atoms with Crippen LogP contribution in [-0.4, -0.2) is 69.5 Å². The molecule has 1 unspecified atom stereocenters. The predicted molar refractivity (Wildman–Crippen MR) is 95.5 cm³/mol. The second-order valence-corrected chi connectivity index (χ2v) is 5.98. The largest absolute Gasteiger partial charge is 0.357 e. The summed E-state index contributed by atoms with van der Waals surface area (Å²) < 4.78 is 28.2. The standard InChI is InChI=1S/C17H27F2N5O/c1-6-20-17(22-11-15(25)24(4)5)21-10-14(23(2)3)16-12(18)8-7-9-13(16)19/h7-9,14H,6,10-11H2,1-5H3,(H2,20,21,22). The third kappa shape index (κ3) is 6.30. The van der Waals surface area contributed by atoms with E-state index in [1.165, 1.54) is 23.1 Å². The number of likely N-dealkylation sites (N-methyl/N-ethyl adjacent to an activating group) is 2. The molecule has 0 saturated heterocycles. The molecule has 0 radical (unpaired) electrons. The summed E-state index contributed by atoms with van der Waals surface area (Å²) >= 11 is 0. The third-order valence-electron chi connectivity index (χ3n) is 3.63. The normalized spacial score (nSPS) is 12.9. The maximum Gasteiger partial charge on any atom is 0.243 e. The highest BCUT2D eigenvalue weighted by molar-refractivity contribution is 5.84. The number of benzene rings is 1. The van der Waals surface area contributed by atoms with E-state index in [2.05, 4.69) is 15.6 Å². The molecule has 1 aromatic rings. The molecular formula is C17H27F2N5O. The van der Waals surface area contributed by atoms with Crippen molar-refractivity contribution in [3.8, 4) is 0 Å². The average Bonchev–Trinajstić information content (AvgIpc) is 2.54. The highest BCUT2D eigenvalue weighted by atomic mass is 19.1. The van der Waals surface area contributed by atoms with Gasteiger partial charge in [-0.2, -0.15) is 0 Å². The number of guanidine groups is 1. The summed E-state index contributed by atoms with van der Waals surface area (Å²) in [5, 5.41) is 6.06. The van der Waals surface area contributed by atoms with Crippen molar-refractivity contribution in [2.45, 2.75) is 13.0 Å². The Kier molecular flexibility index (Phi) is 8.27. The summed E-state index contributed by atoms with van der Waals surface area (Å²) in [5.74, 6) is -0.904. The number of aliphatic imine (C=N–C) groups is 1. The molecule has 0 aromatic heterocycles. The molecule has 0 aliphatic rings. The molecule has 1 atom stereocenters. The van der Waals surface area contributed by atoms with Crippen molar-refractivity contribution in [2.75, 3.05) is 47.8 Å². The number of carbonyl (C=O) groups excluding carboxylic acids is 1. The minimum absolute atomic E-state index is 0.000200. The first-order chi connectivity index (χ1) is 11.8. The van der Waals surface area contributed by atoms with Gasteiger partial charge in [0.05, 0.1) is 6.04 Å². The Morgan fingerprint density at radius 1 is 1.16 bits per heavy atom. The van der Waals surface area contributed by atoms with Gasteiger partial charge < -0.3 is 20.4 Å². The zero-order valence-corrected chi connectivity index (χ0v) is 15.4. The average molecular weight is 355 g/mol. The van der Waals surface area contributed by atoms with Crippen LogP contribution in [0.25, 0.3) is 0 Å². The summed E-state index contributed by atoms with van der Waals surface area (Å²) in [6.45, 7) is 2.71. The van der Waals surface area contributed by atoms with Gasteiger partial charge in [0, 0.05) is 32.7 Å². The smallest absolute Gasteiger partial charge is 0.243 e. The lowest BCUT2D eigenvalue weighted by Gasteiger charge is -2.26. The van der Waals surface area contributed by atoms with E-state index in [9.17, 15) is 13.6 Å². The minimum atomic E-state index is -0.592. The topological polar surface area (TPSA) is 60.0 Å². The quantitative estimate of drug-likeness (QED) is 0.570. The Morgan fingerprint density at radius 3 is 2.24 bits per heavy atom. The molecule has 0 bridgehead atoms. The van der Waals surface area contributed by atoms with Crippen LogP contribution in [0.1, 0.15) is 18.5 Å². The summed E-state index contributed by atoms with van der Waals surface area (Å²) in [7, 11) is 6.80. The molecule has 25 heavy (non-hydrogen) atoms. The second kappa shape index (κ2) is 9.93. The van der Waals surface area contributed by atoms with E-state index in [1.807, 2.05) is 6.92 Å². The Hall–Kier alpha value is -2.22. The molecule has 0 aliphatic carbocycles. The van der Waals surface area contributed by atoms with Crippen molar-refractivity contribution in [3.05, 3.63) is 35.4 Å². The van der Waals surface area contributed by atoms with Crippen LogP contribution in [0, 0.1) is 11.6 Å². The van der Waals surface area contributed by atoms with Gasteiger partial charge in [0.15, 0.2) is 5.96 Å². The number of hydrogen-bond donors (Lipinski definition) is 2. The fraction of sp³-hybridized carbons (Fsp3) is 0.529. The molecule has 1 rings (SSSR count). The van der Waals surface area contributed by atoms with Crippen LogP contribution in [0.15, 0.2) is 23.2 Å². The van der Waals surface area contributed by atoms with Crippen LogP contribution in [0.2, 0.25) is 0 Å². The van der Waals surface area contributed by atoms with E-state index < -0.39 is 17.7 Å². The van der Waals surface area contributed by atoms with Gasteiger partial charge >= 0.3 is 0 Å². The first-order valence-electron chi connectivity index (χ1n) is 8.10. The second-order valence-electron chi connectivity index (χ2n) is 5.98. The van der Waals surface area contributed by atoms with Crippen LogP contribution in [0.3, 0.4) is 0 Å². The molecule has 0 fully saturated rings. The van der Waals surface area contributed by atoms with Gasteiger partial charge in [-0.15, -0.1) is 0 Å². The van der Waals surface area contributed by atoms with Crippen molar-refractivity contribution in [3.63, 3.8) is 0 Å². The number of halogens is 2. The van der Waals surface area contributed by atoms with Gasteiger partial charge in [0.2, 0.25) is 5.91 Å². The summed E-state index contributed by atoms with van der Waals surface area (Å²) in [5.41, 5.74) is 0.000200. The van der Waals surface area contributed by atoms with Crippen LogP contribution in [0.5, 0.6) is 0 Å². The molecule has 0 heterocycles. The third-order valence-corrected chi connectivity index (χ3v) is 3.63. The van der Waals surface area contributed by atoms with Crippen LogP contribution >= 0.6 is 0 Å². The van der Waals surface area contributed by atoms with Gasteiger partial charge in [0.1, 0.15) is 18.2 Å². The number of rotatable bonds is 7. The lowest BCUT2D eigenvalue weighted by molar-refractivity contribution is -0.127. The number of hydrogen-bond acceptors (Lipinski definition) is 3. The molecule has 1 aromatic carbocycles. The monoisotopic (exact) mass is 355 g/mol. The van der Waals surface area contributed by atoms with Gasteiger partial charge in [-0.05, 0) is 33.2 Å². The van der Waals surface area contributed by atoms with Gasteiger partial charge in [0.25, 0.3) is 0 Å². The van der Waals surface area contributed by atoms with E-state index in [0.29, 0.717) is 12.5 Å². The predicted octanol–water partition coefficient (Wildman–Crippen LogP) is 1.21.